The Morgan fingerprint density at radius 3 is 3.00 bits per heavy atom. The minimum Gasteiger partial charge on any atom is -0.459 e. The highest BCUT2D eigenvalue weighted by Gasteiger charge is 2.42. The van der Waals surface area contributed by atoms with Crippen molar-refractivity contribution in [2.75, 3.05) is 26.2 Å². The molecule has 0 bridgehead atoms. The van der Waals surface area contributed by atoms with Crippen LogP contribution in [0.4, 0.5) is 0 Å². The van der Waals surface area contributed by atoms with E-state index in [2.05, 4.69) is 5.32 Å². The van der Waals surface area contributed by atoms with Gasteiger partial charge in [0.05, 0.1) is 6.26 Å². The molecule has 2 aliphatic rings. The fourth-order valence-corrected chi connectivity index (χ4v) is 2.81. The lowest BCUT2D eigenvalue weighted by Gasteiger charge is -2.22. The molecule has 0 aromatic carbocycles. The van der Waals surface area contributed by atoms with Crippen molar-refractivity contribution < 1.29 is 9.21 Å². The van der Waals surface area contributed by atoms with Gasteiger partial charge < -0.3 is 14.6 Å². The Hall–Kier alpha value is -1.00. The van der Waals surface area contributed by atoms with Crippen LogP contribution in [-0.4, -0.2) is 37.0 Å². The van der Waals surface area contributed by atoms with Gasteiger partial charge in [-0.3, -0.25) is 4.79 Å². The largest absolute Gasteiger partial charge is 0.459 e. The maximum absolute atomic E-state index is 12.1. The van der Waals surface area contributed by atoms with Crippen LogP contribution in [0.5, 0.6) is 0 Å². The number of amides is 1. The van der Waals surface area contributed by atoms with E-state index in [1.165, 1.54) is 6.42 Å². The quantitative estimate of drug-likeness (QED) is 0.829. The number of hydrogen-bond acceptors (Lipinski definition) is 3. The molecule has 0 saturated carbocycles. The van der Waals surface area contributed by atoms with Crippen LogP contribution in [0.3, 0.4) is 0 Å². The molecule has 1 amide bonds. The molecule has 17 heavy (non-hydrogen) atoms. The maximum Gasteiger partial charge on any atom is 0.289 e. The van der Waals surface area contributed by atoms with Gasteiger partial charge in [0.15, 0.2) is 5.76 Å². The molecule has 3 rings (SSSR count). The SMILES string of the molecule is Cl.O=C(c1ccco1)N1CCC2(CCNC2)C1. The lowest BCUT2D eigenvalue weighted by Crippen LogP contribution is -2.33. The maximum atomic E-state index is 12.1. The predicted octanol–water partition coefficient (Wildman–Crippen LogP) is 1.53. The molecule has 1 atom stereocenters. The minimum atomic E-state index is 0. The third kappa shape index (κ3) is 2.19. The average Bonchev–Trinajstić information content (AvgIpc) is 3.01. The minimum absolute atomic E-state index is 0. The van der Waals surface area contributed by atoms with Crippen LogP contribution in [0.2, 0.25) is 0 Å². The number of nitrogens with one attached hydrogen (secondary N) is 1. The Bertz CT molecular complexity index is 385. The molecule has 2 saturated heterocycles. The van der Waals surface area contributed by atoms with Gasteiger partial charge in [0.1, 0.15) is 0 Å². The first-order valence-corrected chi connectivity index (χ1v) is 5.83. The number of nitrogens with zero attached hydrogens (tertiary/aromatic N) is 1. The highest BCUT2D eigenvalue weighted by Crippen LogP contribution is 2.36. The van der Waals surface area contributed by atoms with Crippen molar-refractivity contribution in [3.05, 3.63) is 24.2 Å². The summed E-state index contributed by atoms with van der Waals surface area (Å²) >= 11 is 0. The van der Waals surface area contributed by atoms with E-state index < -0.39 is 0 Å². The van der Waals surface area contributed by atoms with E-state index in [1.54, 1.807) is 18.4 Å². The number of carbonyl (C=O) groups excluding carboxylic acids is 1. The fraction of sp³-hybridized carbons (Fsp3) is 0.583. The molecule has 2 aliphatic heterocycles. The second-order valence-corrected chi connectivity index (χ2v) is 4.88. The first-order chi connectivity index (χ1) is 7.79. The van der Waals surface area contributed by atoms with Gasteiger partial charge in [-0.05, 0) is 31.5 Å². The third-order valence-electron chi connectivity index (χ3n) is 3.79. The van der Waals surface area contributed by atoms with Crippen LogP contribution < -0.4 is 5.32 Å². The van der Waals surface area contributed by atoms with E-state index in [0.717, 1.165) is 32.6 Å². The van der Waals surface area contributed by atoms with E-state index >= 15 is 0 Å². The van der Waals surface area contributed by atoms with Crippen molar-refractivity contribution >= 4 is 18.3 Å². The van der Waals surface area contributed by atoms with E-state index in [4.69, 9.17) is 4.42 Å². The zero-order chi connectivity index (χ0) is 11.0. The van der Waals surface area contributed by atoms with Crippen molar-refractivity contribution in [1.29, 1.82) is 0 Å². The number of hydrogen-bond donors (Lipinski definition) is 1. The standard InChI is InChI=1S/C12H16N2O2.ClH/c15-11(10-2-1-7-16-10)14-6-4-12(9-14)3-5-13-8-12;/h1-2,7,13H,3-6,8-9H2;1H. The van der Waals surface area contributed by atoms with Gasteiger partial charge in [-0.15, -0.1) is 12.4 Å². The van der Waals surface area contributed by atoms with E-state index in [9.17, 15) is 4.79 Å². The molecule has 1 spiro atoms. The normalized spacial score (nSPS) is 27.4. The van der Waals surface area contributed by atoms with Gasteiger partial charge in [-0.2, -0.15) is 0 Å². The highest BCUT2D eigenvalue weighted by atomic mass is 35.5. The van der Waals surface area contributed by atoms with Crippen LogP contribution in [0, 0.1) is 5.41 Å². The number of halogens is 1. The second kappa shape index (κ2) is 4.70. The zero-order valence-corrected chi connectivity index (χ0v) is 10.5. The van der Waals surface area contributed by atoms with Crippen molar-refractivity contribution in [2.24, 2.45) is 5.41 Å². The topological polar surface area (TPSA) is 45.5 Å². The summed E-state index contributed by atoms with van der Waals surface area (Å²) in [5.74, 6) is 0.497. The smallest absolute Gasteiger partial charge is 0.289 e. The number of likely N-dealkylation sites (tertiary alicyclic amines) is 1. The van der Waals surface area contributed by atoms with Crippen molar-refractivity contribution in [1.82, 2.24) is 10.2 Å². The van der Waals surface area contributed by atoms with Crippen molar-refractivity contribution in [3.8, 4) is 0 Å². The average molecular weight is 257 g/mol. The molecule has 1 aromatic rings. The second-order valence-electron chi connectivity index (χ2n) is 4.88. The molecule has 0 aliphatic carbocycles. The van der Waals surface area contributed by atoms with Crippen molar-refractivity contribution in [2.45, 2.75) is 12.8 Å². The summed E-state index contributed by atoms with van der Waals surface area (Å²) in [5.41, 5.74) is 0.336. The summed E-state index contributed by atoms with van der Waals surface area (Å²) in [6.45, 7) is 3.87. The number of furan rings is 1. The molecule has 94 valence electrons. The summed E-state index contributed by atoms with van der Waals surface area (Å²) in [4.78, 5) is 14.0. The van der Waals surface area contributed by atoms with Crippen LogP contribution in [-0.2, 0) is 0 Å². The van der Waals surface area contributed by atoms with Gasteiger partial charge in [0.25, 0.3) is 5.91 Å². The van der Waals surface area contributed by atoms with Gasteiger partial charge in [0, 0.05) is 25.0 Å². The molecule has 3 heterocycles. The number of rotatable bonds is 1. The predicted molar refractivity (Wildman–Crippen MR) is 66.4 cm³/mol. The molecular formula is C12H17ClN2O2. The Morgan fingerprint density at radius 1 is 1.47 bits per heavy atom. The first-order valence-electron chi connectivity index (χ1n) is 5.83. The van der Waals surface area contributed by atoms with Crippen LogP contribution in [0.15, 0.2) is 22.8 Å². The van der Waals surface area contributed by atoms with Crippen LogP contribution in [0.1, 0.15) is 23.4 Å². The first kappa shape index (κ1) is 12.5. The van der Waals surface area contributed by atoms with Gasteiger partial charge in [0.2, 0.25) is 0 Å². The molecule has 5 heteroatoms. The molecule has 1 N–H and O–H groups in total. The molecular weight excluding hydrogens is 240 g/mol. The van der Waals surface area contributed by atoms with Crippen molar-refractivity contribution in [3.63, 3.8) is 0 Å². The Kier molecular flexibility index (Phi) is 3.45. The lowest BCUT2D eigenvalue weighted by molar-refractivity contribution is 0.0744. The summed E-state index contributed by atoms with van der Waals surface area (Å²) in [7, 11) is 0. The third-order valence-corrected chi connectivity index (χ3v) is 3.79. The highest BCUT2D eigenvalue weighted by molar-refractivity contribution is 5.91. The van der Waals surface area contributed by atoms with Crippen LogP contribution >= 0.6 is 12.4 Å². The van der Waals surface area contributed by atoms with E-state index in [0.29, 0.717) is 11.2 Å². The molecule has 2 fully saturated rings. The van der Waals surface area contributed by atoms with E-state index in [1.807, 2.05) is 4.90 Å². The zero-order valence-electron chi connectivity index (χ0n) is 9.65. The lowest BCUT2D eigenvalue weighted by atomic mass is 9.87. The van der Waals surface area contributed by atoms with Gasteiger partial charge in [-0.1, -0.05) is 0 Å². The monoisotopic (exact) mass is 256 g/mol. The summed E-state index contributed by atoms with van der Waals surface area (Å²) in [5, 5.41) is 3.39. The van der Waals surface area contributed by atoms with E-state index in [-0.39, 0.29) is 18.3 Å². The molecule has 1 unspecified atom stereocenters. The molecule has 0 radical (unpaired) electrons. The summed E-state index contributed by atoms with van der Waals surface area (Å²) < 4.78 is 5.15. The number of carbonyl (C=O) groups is 1. The fourth-order valence-electron chi connectivity index (χ4n) is 2.81. The van der Waals surface area contributed by atoms with Gasteiger partial charge >= 0.3 is 0 Å². The van der Waals surface area contributed by atoms with Crippen LogP contribution in [0.25, 0.3) is 0 Å². The molecule has 1 aromatic heterocycles. The molecule has 4 nitrogen and oxygen atoms in total. The Labute approximate surface area is 107 Å². The summed E-state index contributed by atoms with van der Waals surface area (Å²) in [6, 6.07) is 3.50. The summed E-state index contributed by atoms with van der Waals surface area (Å²) in [6.07, 6.45) is 3.86. The Morgan fingerprint density at radius 2 is 2.35 bits per heavy atom. The Balaban J connectivity index is 0.00000108. The van der Waals surface area contributed by atoms with Gasteiger partial charge in [-0.25, -0.2) is 0 Å².